The number of hydrogen-bond donors (Lipinski definition) is 2. The fourth-order valence-corrected chi connectivity index (χ4v) is 4.42. The molecule has 1 aromatic rings. The van der Waals surface area contributed by atoms with Crippen molar-refractivity contribution in [3.05, 3.63) is 15.9 Å². The summed E-state index contributed by atoms with van der Waals surface area (Å²) in [6.07, 6.45) is 0. The first-order chi connectivity index (χ1) is 11.1. The highest BCUT2D eigenvalue weighted by Crippen LogP contribution is 2.25. The van der Waals surface area contributed by atoms with Gasteiger partial charge in [-0.05, 0) is 28.8 Å². The second-order valence-electron chi connectivity index (χ2n) is 6.13. The summed E-state index contributed by atoms with van der Waals surface area (Å²) in [6, 6.07) is -0.760. The minimum absolute atomic E-state index is 0.0396. The summed E-state index contributed by atoms with van der Waals surface area (Å²) < 4.78 is 23.4. The molecule has 2 rings (SSSR count). The van der Waals surface area contributed by atoms with E-state index in [1.54, 1.807) is 6.92 Å². The monoisotopic (exact) mass is 420 g/mol. The molecule has 2 heterocycles. The maximum absolute atomic E-state index is 12.4. The minimum Gasteiger partial charge on any atom is -0.339 e. The number of H-pyrrole nitrogens is 1. The molecule has 1 aliphatic heterocycles. The number of halogens is 1. The number of aromatic amines is 1. The molecule has 1 fully saturated rings. The molecule has 0 radical (unpaired) electrons. The SMILES string of the molecule is CC(NC(=O)c1n[nH]c(C(C)C)c1Br)C(=O)N1CCS(=O)(=O)CC1. The lowest BCUT2D eigenvalue weighted by Crippen LogP contribution is -2.51. The van der Waals surface area contributed by atoms with Gasteiger partial charge in [0.25, 0.3) is 5.91 Å². The Labute approximate surface area is 149 Å². The van der Waals surface area contributed by atoms with E-state index in [0.29, 0.717) is 4.47 Å². The first kappa shape index (κ1) is 18.9. The smallest absolute Gasteiger partial charge is 0.273 e. The summed E-state index contributed by atoms with van der Waals surface area (Å²) in [5, 5.41) is 9.42. The molecule has 2 N–H and O–H groups in total. The van der Waals surface area contributed by atoms with E-state index in [1.165, 1.54) is 4.90 Å². The number of rotatable bonds is 4. The largest absolute Gasteiger partial charge is 0.339 e. The van der Waals surface area contributed by atoms with Gasteiger partial charge in [0.15, 0.2) is 15.5 Å². The summed E-state index contributed by atoms with van der Waals surface area (Å²) in [4.78, 5) is 26.1. The van der Waals surface area contributed by atoms with Gasteiger partial charge in [0.05, 0.1) is 21.7 Å². The van der Waals surface area contributed by atoms with E-state index in [2.05, 4.69) is 31.4 Å². The third-order valence-electron chi connectivity index (χ3n) is 3.90. The lowest BCUT2D eigenvalue weighted by Gasteiger charge is -2.29. The van der Waals surface area contributed by atoms with Gasteiger partial charge in [0, 0.05) is 13.1 Å². The van der Waals surface area contributed by atoms with Crippen molar-refractivity contribution in [2.24, 2.45) is 0 Å². The summed E-state index contributed by atoms with van der Waals surface area (Å²) in [6.45, 7) is 5.83. The molecule has 1 atom stereocenters. The van der Waals surface area contributed by atoms with Crippen LogP contribution in [-0.4, -0.2) is 66.0 Å². The molecule has 1 aliphatic rings. The fraction of sp³-hybridized carbons (Fsp3) is 0.643. The maximum Gasteiger partial charge on any atom is 0.273 e. The summed E-state index contributed by atoms with van der Waals surface area (Å²) in [7, 11) is -3.05. The Morgan fingerprint density at radius 3 is 2.33 bits per heavy atom. The van der Waals surface area contributed by atoms with Crippen LogP contribution in [0.5, 0.6) is 0 Å². The van der Waals surface area contributed by atoms with Crippen LogP contribution in [0.25, 0.3) is 0 Å². The van der Waals surface area contributed by atoms with Gasteiger partial charge >= 0.3 is 0 Å². The van der Waals surface area contributed by atoms with E-state index >= 15 is 0 Å². The number of hydrogen-bond acceptors (Lipinski definition) is 5. The lowest BCUT2D eigenvalue weighted by atomic mass is 10.1. The molecule has 0 aliphatic carbocycles. The molecule has 0 spiro atoms. The van der Waals surface area contributed by atoms with Gasteiger partial charge in [-0.3, -0.25) is 14.7 Å². The third-order valence-corrected chi connectivity index (χ3v) is 6.31. The normalized spacial score (nSPS) is 18.5. The fourth-order valence-electron chi connectivity index (χ4n) is 2.41. The molecule has 24 heavy (non-hydrogen) atoms. The van der Waals surface area contributed by atoms with Gasteiger partial charge in [-0.25, -0.2) is 8.42 Å². The van der Waals surface area contributed by atoms with Gasteiger partial charge in [-0.15, -0.1) is 0 Å². The van der Waals surface area contributed by atoms with Gasteiger partial charge in [-0.2, -0.15) is 5.10 Å². The van der Waals surface area contributed by atoms with Crippen molar-refractivity contribution in [2.75, 3.05) is 24.6 Å². The number of sulfone groups is 1. The highest BCUT2D eigenvalue weighted by atomic mass is 79.9. The molecule has 1 saturated heterocycles. The Morgan fingerprint density at radius 1 is 1.25 bits per heavy atom. The number of carbonyl (C=O) groups is 2. The first-order valence-corrected chi connectivity index (χ1v) is 10.3. The van der Waals surface area contributed by atoms with Crippen LogP contribution in [0.15, 0.2) is 4.47 Å². The van der Waals surface area contributed by atoms with E-state index in [9.17, 15) is 18.0 Å². The highest BCUT2D eigenvalue weighted by molar-refractivity contribution is 9.10. The van der Waals surface area contributed by atoms with E-state index in [0.717, 1.165) is 5.69 Å². The average molecular weight is 421 g/mol. The molecule has 0 aromatic carbocycles. The Morgan fingerprint density at radius 2 is 1.83 bits per heavy atom. The summed E-state index contributed by atoms with van der Waals surface area (Å²) in [5.74, 6) is -0.670. The first-order valence-electron chi connectivity index (χ1n) is 7.66. The molecule has 134 valence electrons. The Bertz CT molecular complexity index is 730. The number of nitrogens with zero attached hydrogens (tertiary/aromatic N) is 2. The minimum atomic E-state index is -3.05. The van der Waals surface area contributed by atoms with E-state index in [1.807, 2.05) is 13.8 Å². The quantitative estimate of drug-likeness (QED) is 0.742. The Balaban J connectivity index is 2.00. The van der Waals surface area contributed by atoms with E-state index in [4.69, 9.17) is 0 Å². The van der Waals surface area contributed by atoms with Crippen molar-refractivity contribution in [3.63, 3.8) is 0 Å². The Kier molecular flexibility index (Phi) is 5.69. The van der Waals surface area contributed by atoms with Crippen molar-refractivity contribution in [1.29, 1.82) is 0 Å². The average Bonchev–Trinajstić information content (AvgIpc) is 2.88. The van der Waals surface area contributed by atoms with Gasteiger partial charge in [0.1, 0.15) is 6.04 Å². The van der Waals surface area contributed by atoms with Crippen LogP contribution in [0.3, 0.4) is 0 Å². The van der Waals surface area contributed by atoms with Gasteiger partial charge in [0.2, 0.25) is 5.91 Å². The highest BCUT2D eigenvalue weighted by Gasteiger charge is 2.29. The van der Waals surface area contributed by atoms with Crippen LogP contribution in [0, 0.1) is 0 Å². The molecule has 10 heteroatoms. The summed E-state index contributed by atoms with van der Waals surface area (Å²) >= 11 is 3.35. The topological polar surface area (TPSA) is 112 Å². The van der Waals surface area contributed by atoms with E-state index in [-0.39, 0.29) is 42.1 Å². The number of aromatic nitrogens is 2. The second kappa shape index (κ2) is 7.22. The molecule has 2 amide bonds. The van der Waals surface area contributed by atoms with Crippen molar-refractivity contribution < 1.29 is 18.0 Å². The Hall–Kier alpha value is -1.42. The number of nitrogens with one attached hydrogen (secondary N) is 2. The molecule has 1 aromatic heterocycles. The molecule has 1 unspecified atom stereocenters. The van der Waals surface area contributed by atoms with Gasteiger partial charge < -0.3 is 10.2 Å². The number of carbonyl (C=O) groups excluding carboxylic acids is 2. The zero-order valence-electron chi connectivity index (χ0n) is 13.8. The molecular weight excluding hydrogens is 400 g/mol. The van der Waals surface area contributed by atoms with Crippen LogP contribution >= 0.6 is 15.9 Å². The lowest BCUT2D eigenvalue weighted by molar-refractivity contribution is -0.132. The predicted molar refractivity (Wildman–Crippen MR) is 92.5 cm³/mol. The molecular formula is C14H21BrN4O4S. The maximum atomic E-state index is 12.4. The van der Waals surface area contributed by atoms with Crippen LogP contribution in [-0.2, 0) is 14.6 Å². The van der Waals surface area contributed by atoms with Gasteiger partial charge in [-0.1, -0.05) is 13.8 Å². The summed E-state index contributed by atoms with van der Waals surface area (Å²) in [5.41, 5.74) is 1.000. The van der Waals surface area contributed by atoms with Crippen LogP contribution in [0.4, 0.5) is 0 Å². The van der Waals surface area contributed by atoms with Crippen molar-refractivity contribution in [1.82, 2.24) is 20.4 Å². The van der Waals surface area contributed by atoms with Crippen LogP contribution < -0.4 is 5.32 Å². The standard InChI is InChI=1S/C14H21BrN4O4S/c1-8(2)11-10(15)12(18-17-11)13(20)16-9(3)14(21)19-4-6-24(22,23)7-5-19/h8-9H,4-7H2,1-3H3,(H,16,20)(H,17,18). The zero-order valence-corrected chi connectivity index (χ0v) is 16.2. The molecule has 8 nitrogen and oxygen atoms in total. The third kappa shape index (κ3) is 4.15. The predicted octanol–water partition coefficient (Wildman–Crippen LogP) is 0.671. The molecule has 0 bridgehead atoms. The van der Waals surface area contributed by atoms with Crippen molar-refractivity contribution in [2.45, 2.75) is 32.7 Å². The zero-order chi connectivity index (χ0) is 18.1. The molecule has 0 saturated carbocycles. The van der Waals surface area contributed by atoms with Crippen molar-refractivity contribution >= 4 is 37.6 Å². The van der Waals surface area contributed by atoms with Crippen molar-refractivity contribution in [3.8, 4) is 0 Å². The van der Waals surface area contributed by atoms with Crippen LogP contribution in [0.2, 0.25) is 0 Å². The second-order valence-corrected chi connectivity index (χ2v) is 9.22. The number of amides is 2. The van der Waals surface area contributed by atoms with E-state index < -0.39 is 21.8 Å². The van der Waals surface area contributed by atoms with Crippen LogP contribution in [0.1, 0.15) is 42.9 Å².